The van der Waals surface area contributed by atoms with Crippen LogP contribution in [0.5, 0.6) is 5.75 Å². The van der Waals surface area contributed by atoms with Crippen LogP contribution in [0.1, 0.15) is 37.0 Å². The Bertz CT molecular complexity index is 611. The fourth-order valence-corrected chi connectivity index (χ4v) is 3.35. The standard InChI is InChI=1S/C21H27NO2/c1-16(7-8-17-9-11-20(23)12-10-17)22-15-19-13-14-24-21(19)18-5-3-2-4-6-18/h2-6,9-12,16,19,21-23H,7-8,13-15H2,1H3/t16?,19-,21-/m0/s1. The van der Waals surface area contributed by atoms with Crippen molar-refractivity contribution < 1.29 is 9.84 Å². The number of hydrogen-bond acceptors (Lipinski definition) is 3. The Kier molecular flexibility index (Phi) is 5.89. The minimum atomic E-state index is 0.225. The number of ether oxygens (including phenoxy) is 1. The molecule has 128 valence electrons. The van der Waals surface area contributed by atoms with Crippen molar-refractivity contribution >= 4 is 0 Å². The molecular formula is C21H27NO2. The molecule has 3 rings (SSSR count). The van der Waals surface area contributed by atoms with Crippen molar-refractivity contribution in [1.82, 2.24) is 5.32 Å². The van der Waals surface area contributed by atoms with Crippen LogP contribution in [0.3, 0.4) is 0 Å². The normalized spacial score (nSPS) is 21.7. The number of aromatic hydroxyl groups is 1. The van der Waals surface area contributed by atoms with Gasteiger partial charge in [0.2, 0.25) is 0 Å². The lowest BCUT2D eigenvalue weighted by Crippen LogP contribution is -2.32. The fourth-order valence-electron chi connectivity index (χ4n) is 3.35. The van der Waals surface area contributed by atoms with Gasteiger partial charge in [0, 0.05) is 25.1 Å². The monoisotopic (exact) mass is 325 g/mol. The lowest BCUT2D eigenvalue weighted by molar-refractivity contribution is 0.0899. The summed E-state index contributed by atoms with van der Waals surface area (Å²) in [6.45, 7) is 4.10. The van der Waals surface area contributed by atoms with Crippen molar-refractivity contribution in [3.8, 4) is 5.75 Å². The fraction of sp³-hybridized carbons (Fsp3) is 0.429. The molecule has 2 aromatic carbocycles. The van der Waals surface area contributed by atoms with E-state index in [0.717, 1.165) is 32.4 Å². The van der Waals surface area contributed by atoms with Gasteiger partial charge in [0.25, 0.3) is 0 Å². The van der Waals surface area contributed by atoms with Gasteiger partial charge in [-0.05, 0) is 49.4 Å². The summed E-state index contributed by atoms with van der Waals surface area (Å²) in [4.78, 5) is 0. The molecule has 2 N–H and O–H groups in total. The highest BCUT2D eigenvalue weighted by molar-refractivity contribution is 5.26. The Morgan fingerprint density at radius 3 is 2.62 bits per heavy atom. The number of phenols is 1. The molecule has 0 aliphatic carbocycles. The zero-order valence-electron chi connectivity index (χ0n) is 14.3. The average Bonchev–Trinajstić information content (AvgIpc) is 3.09. The van der Waals surface area contributed by atoms with Gasteiger partial charge in [-0.3, -0.25) is 0 Å². The topological polar surface area (TPSA) is 41.5 Å². The molecule has 3 nitrogen and oxygen atoms in total. The second-order valence-electron chi connectivity index (χ2n) is 6.77. The number of rotatable bonds is 7. The molecule has 3 atom stereocenters. The summed E-state index contributed by atoms with van der Waals surface area (Å²) in [6, 6.07) is 18.5. The van der Waals surface area contributed by atoms with Crippen molar-refractivity contribution in [2.24, 2.45) is 5.92 Å². The predicted octanol–water partition coefficient (Wildman–Crippen LogP) is 4.08. The Balaban J connectivity index is 1.45. The number of nitrogens with one attached hydrogen (secondary N) is 1. The highest BCUT2D eigenvalue weighted by atomic mass is 16.5. The largest absolute Gasteiger partial charge is 0.508 e. The van der Waals surface area contributed by atoms with Crippen molar-refractivity contribution in [2.45, 2.75) is 38.3 Å². The first-order chi connectivity index (χ1) is 11.7. The zero-order chi connectivity index (χ0) is 16.8. The highest BCUT2D eigenvalue weighted by Crippen LogP contribution is 2.33. The molecule has 0 radical (unpaired) electrons. The van der Waals surface area contributed by atoms with Gasteiger partial charge in [0.05, 0.1) is 6.10 Å². The Morgan fingerprint density at radius 1 is 1.12 bits per heavy atom. The molecule has 1 heterocycles. The maximum atomic E-state index is 9.33. The van der Waals surface area contributed by atoms with Gasteiger partial charge < -0.3 is 15.2 Å². The molecule has 1 aliphatic heterocycles. The summed E-state index contributed by atoms with van der Waals surface area (Å²) in [5, 5.41) is 13.0. The van der Waals surface area contributed by atoms with Crippen LogP contribution in [-0.2, 0) is 11.2 Å². The van der Waals surface area contributed by atoms with Gasteiger partial charge in [0.15, 0.2) is 0 Å². The van der Waals surface area contributed by atoms with Gasteiger partial charge in [-0.15, -0.1) is 0 Å². The average molecular weight is 325 g/mol. The maximum absolute atomic E-state index is 9.33. The van der Waals surface area contributed by atoms with E-state index in [1.165, 1.54) is 11.1 Å². The summed E-state index contributed by atoms with van der Waals surface area (Å²) < 4.78 is 5.96. The predicted molar refractivity (Wildman–Crippen MR) is 97.1 cm³/mol. The van der Waals surface area contributed by atoms with Gasteiger partial charge >= 0.3 is 0 Å². The quantitative estimate of drug-likeness (QED) is 0.806. The molecule has 0 aromatic heterocycles. The van der Waals surface area contributed by atoms with Crippen molar-refractivity contribution in [1.29, 1.82) is 0 Å². The van der Waals surface area contributed by atoms with E-state index in [4.69, 9.17) is 4.74 Å². The number of benzene rings is 2. The maximum Gasteiger partial charge on any atom is 0.115 e. The van der Waals surface area contributed by atoms with E-state index in [0.29, 0.717) is 17.7 Å². The van der Waals surface area contributed by atoms with E-state index in [1.807, 2.05) is 12.1 Å². The summed E-state index contributed by atoms with van der Waals surface area (Å²) in [5.41, 5.74) is 2.56. The molecule has 0 saturated carbocycles. The van der Waals surface area contributed by atoms with E-state index >= 15 is 0 Å². The smallest absolute Gasteiger partial charge is 0.115 e. The summed E-state index contributed by atoms with van der Waals surface area (Å²) in [5.74, 6) is 0.877. The third kappa shape index (κ3) is 4.59. The van der Waals surface area contributed by atoms with Crippen LogP contribution in [0.2, 0.25) is 0 Å². The first kappa shape index (κ1) is 17.0. The molecule has 1 aliphatic rings. The molecule has 1 saturated heterocycles. The van der Waals surface area contributed by atoms with E-state index in [2.05, 4.69) is 42.6 Å². The van der Waals surface area contributed by atoms with Gasteiger partial charge in [-0.2, -0.15) is 0 Å². The molecule has 0 amide bonds. The Hall–Kier alpha value is -1.84. The van der Waals surface area contributed by atoms with Crippen LogP contribution in [0.25, 0.3) is 0 Å². The van der Waals surface area contributed by atoms with Crippen LogP contribution >= 0.6 is 0 Å². The highest BCUT2D eigenvalue weighted by Gasteiger charge is 2.29. The van der Waals surface area contributed by atoms with Crippen molar-refractivity contribution in [3.05, 3.63) is 65.7 Å². The molecule has 0 bridgehead atoms. The molecule has 0 spiro atoms. The van der Waals surface area contributed by atoms with Crippen LogP contribution in [0.15, 0.2) is 54.6 Å². The second kappa shape index (κ2) is 8.32. The zero-order valence-corrected chi connectivity index (χ0v) is 14.3. The van der Waals surface area contributed by atoms with Crippen LogP contribution < -0.4 is 5.32 Å². The summed E-state index contributed by atoms with van der Waals surface area (Å²) in [7, 11) is 0. The molecule has 24 heavy (non-hydrogen) atoms. The van der Waals surface area contributed by atoms with Gasteiger partial charge in [-0.25, -0.2) is 0 Å². The summed E-state index contributed by atoms with van der Waals surface area (Å²) >= 11 is 0. The van der Waals surface area contributed by atoms with Gasteiger partial charge in [0.1, 0.15) is 5.75 Å². The van der Waals surface area contributed by atoms with E-state index in [1.54, 1.807) is 12.1 Å². The summed E-state index contributed by atoms with van der Waals surface area (Å²) in [6.07, 6.45) is 3.46. The molecule has 2 aromatic rings. The van der Waals surface area contributed by atoms with Gasteiger partial charge in [-0.1, -0.05) is 42.5 Å². The van der Waals surface area contributed by atoms with Crippen molar-refractivity contribution in [2.75, 3.05) is 13.2 Å². The van der Waals surface area contributed by atoms with E-state index in [-0.39, 0.29) is 6.10 Å². The second-order valence-corrected chi connectivity index (χ2v) is 6.77. The van der Waals surface area contributed by atoms with E-state index in [9.17, 15) is 5.11 Å². The first-order valence-electron chi connectivity index (χ1n) is 8.90. The minimum Gasteiger partial charge on any atom is -0.508 e. The van der Waals surface area contributed by atoms with E-state index < -0.39 is 0 Å². The van der Waals surface area contributed by atoms with Crippen LogP contribution in [-0.4, -0.2) is 24.3 Å². The molecular weight excluding hydrogens is 298 g/mol. The molecule has 3 heteroatoms. The minimum absolute atomic E-state index is 0.225. The Morgan fingerprint density at radius 2 is 1.88 bits per heavy atom. The lowest BCUT2D eigenvalue weighted by atomic mass is 9.95. The molecule has 1 unspecified atom stereocenters. The van der Waals surface area contributed by atoms with Crippen LogP contribution in [0, 0.1) is 5.92 Å². The van der Waals surface area contributed by atoms with Crippen LogP contribution in [0.4, 0.5) is 0 Å². The molecule has 1 fully saturated rings. The number of phenolic OH excluding ortho intramolecular Hbond substituents is 1. The lowest BCUT2D eigenvalue weighted by Gasteiger charge is -2.22. The third-order valence-corrected chi connectivity index (χ3v) is 4.87. The number of hydrogen-bond donors (Lipinski definition) is 2. The first-order valence-corrected chi connectivity index (χ1v) is 8.90. The third-order valence-electron chi connectivity index (χ3n) is 4.87. The SMILES string of the molecule is CC(CCc1ccc(O)cc1)NC[C@@H]1CCO[C@H]1c1ccccc1. The van der Waals surface area contributed by atoms with Crippen molar-refractivity contribution in [3.63, 3.8) is 0 Å². The Labute approximate surface area is 144 Å². The number of aryl methyl sites for hydroxylation is 1.